The third kappa shape index (κ3) is 4.70. The summed E-state index contributed by atoms with van der Waals surface area (Å²) < 4.78 is 18.5. The summed E-state index contributed by atoms with van der Waals surface area (Å²) in [5.41, 5.74) is 2.31. The average molecular weight is 403 g/mol. The lowest BCUT2D eigenvalue weighted by molar-refractivity contribution is -0.118. The Bertz CT molecular complexity index is 1120. The number of hydrogen-bond acceptors (Lipinski definition) is 5. The molecule has 0 saturated carbocycles. The second kappa shape index (κ2) is 9.00. The number of hydrogen-bond donors (Lipinski definition) is 1. The Balaban J connectivity index is 1.33. The molecule has 1 amide bonds. The van der Waals surface area contributed by atoms with Gasteiger partial charge >= 0.3 is 0 Å². The molecule has 0 fully saturated rings. The third-order valence-corrected chi connectivity index (χ3v) is 4.35. The summed E-state index contributed by atoms with van der Waals surface area (Å²) in [7, 11) is 1.56. The van der Waals surface area contributed by atoms with Crippen LogP contribution in [0.1, 0.15) is 5.69 Å². The van der Waals surface area contributed by atoms with Crippen LogP contribution in [-0.4, -0.2) is 29.0 Å². The molecule has 7 heteroatoms. The van der Waals surface area contributed by atoms with E-state index < -0.39 is 0 Å². The van der Waals surface area contributed by atoms with Gasteiger partial charge in [-0.15, -0.1) is 0 Å². The largest absolute Gasteiger partial charge is 0.493 e. The van der Waals surface area contributed by atoms with E-state index in [4.69, 9.17) is 14.2 Å². The van der Waals surface area contributed by atoms with Gasteiger partial charge in [-0.2, -0.15) is 0 Å². The van der Waals surface area contributed by atoms with Crippen LogP contribution in [0.25, 0.3) is 5.65 Å². The number of amides is 1. The number of nitrogens with one attached hydrogen (secondary N) is 1. The van der Waals surface area contributed by atoms with E-state index in [2.05, 4.69) is 10.3 Å². The summed E-state index contributed by atoms with van der Waals surface area (Å²) in [6, 6.07) is 20.2. The molecule has 2 aromatic heterocycles. The first kappa shape index (κ1) is 19.3. The number of pyridine rings is 1. The Kier molecular flexibility index (Phi) is 5.80. The van der Waals surface area contributed by atoms with Crippen molar-refractivity contribution in [3.8, 4) is 17.2 Å². The summed E-state index contributed by atoms with van der Waals surface area (Å²) in [6.45, 7) is 0.197. The molecular weight excluding hydrogens is 382 g/mol. The molecule has 30 heavy (non-hydrogen) atoms. The van der Waals surface area contributed by atoms with Crippen molar-refractivity contribution in [1.29, 1.82) is 0 Å². The van der Waals surface area contributed by atoms with Gasteiger partial charge < -0.3 is 23.9 Å². The Morgan fingerprint density at radius 2 is 1.83 bits per heavy atom. The molecule has 4 rings (SSSR count). The van der Waals surface area contributed by atoms with Crippen molar-refractivity contribution in [2.75, 3.05) is 19.0 Å². The normalized spacial score (nSPS) is 10.6. The van der Waals surface area contributed by atoms with Gasteiger partial charge in [-0.05, 0) is 36.4 Å². The topological polar surface area (TPSA) is 74.1 Å². The van der Waals surface area contributed by atoms with E-state index in [0.717, 1.165) is 11.3 Å². The van der Waals surface area contributed by atoms with Gasteiger partial charge in [-0.25, -0.2) is 4.98 Å². The van der Waals surface area contributed by atoms with E-state index >= 15 is 0 Å². The molecule has 7 nitrogen and oxygen atoms in total. The molecule has 0 aliphatic rings. The van der Waals surface area contributed by atoms with Crippen LogP contribution in [-0.2, 0) is 11.4 Å². The van der Waals surface area contributed by atoms with Crippen LogP contribution in [0.3, 0.4) is 0 Å². The summed E-state index contributed by atoms with van der Waals surface area (Å²) in [5.74, 6) is 1.45. The van der Waals surface area contributed by atoms with Crippen molar-refractivity contribution < 1.29 is 19.0 Å². The minimum atomic E-state index is -0.279. The fourth-order valence-corrected chi connectivity index (χ4v) is 2.96. The number of carbonyl (C=O) groups is 1. The summed E-state index contributed by atoms with van der Waals surface area (Å²) in [4.78, 5) is 16.8. The number of aromatic nitrogens is 2. The fourth-order valence-electron chi connectivity index (χ4n) is 2.96. The molecule has 0 aliphatic heterocycles. The molecular formula is C23H21N3O4. The molecule has 1 N–H and O–H groups in total. The molecule has 4 aromatic rings. The maximum Gasteiger partial charge on any atom is 0.262 e. The number of anilines is 1. The van der Waals surface area contributed by atoms with Gasteiger partial charge in [0.25, 0.3) is 5.91 Å². The maximum atomic E-state index is 12.2. The number of fused-ring (bicyclic) bond motifs is 1. The van der Waals surface area contributed by atoms with E-state index in [1.165, 1.54) is 0 Å². The average Bonchev–Trinajstić information content (AvgIpc) is 3.20. The quantitative estimate of drug-likeness (QED) is 0.482. The molecule has 0 bridgehead atoms. The van der Waals surface area contributed by atoms with Gasteiger partial charge in [0.05, 0.1) is 12.8 Å². The zero-order valence-corrected chi connectivity index (χ0v) is 16.4. The van der Waals surface area contributed by atoms with Crippen molar-refractivity contribution >= 4 is 17.2 Å². The van der Waals surface area contributed by atoms with Gasteiger partial charge in [0.2, 0.25) is 0 Å². The van der Waals surface area contributed by atoms with Crippen LogP contribution in [0.4, 0.5) is 5.69 Å². The highest BCUT2D eigenvalue weighted by atomic mass is 16.5. The molecule has 2 heterocycles. The highest BCUT2D eigenvalue weighted by Crippen LogP contribution is 2.25. The van der Waals surface area contributed by atoms with E-state index in [9.17, 15) is 4.79 Å². The highest BCUT2D eigenvalue weighted by Gasteiger charge is 2.08. The maximum absolute atomic E-state index is 12.2. The van der Waals surface area contributed by atoms with E-state index in [-0.39, 0.29) is 12.5 Å². The predicted molar refractivity (Wildman–Crippen MR) is 113 cm³/mol. The molecule has 0 aliphatic carbocycles. The van der Waals surface area contributed by atoms with Gasteiger partial charge in [0.15, 0.2) is 18.1 Å². The standard InChI is InChI=1S/C23H21N3O4/c1-28-20-9-2-3-10-21(20)30-16-23(27)25-17-7-6-8-19(13-17)29-15-18-14-26-12-5-4-11-22(26)24-18/h2-14H,15-16H2,1H3,(H,25,27). The van der Waals surface area contributed by atoms with Crippen molar-refractivity contribution in [3.63, 3.8) is 0 Å². The summed E-state index contributed by atoms with van der Waals surface area (Å²) >= 11 is 0. The lowest BCUT2D eigenvalue weighted by Gasteiger charge is -2.11. The van der Waals surface area contributed by atoms with Gasteiger partial charge in [0, 0.05) is 24.1 Å². The molecule has 2 aromatic carbocycles. The van der Waals surface area contributed by atoms with Crippen LogP contribution in [0.5, 0.6) is 17.2 Å². The van der Waals surface area contributed by atoms with Crippen LogP contribution in [0.15, 0.2) is 79.1 Å². The van der Waals surface area contributed by atoms with Crippen LogP contribution in [0, 0.1) is 0 Å². The van der Waals surface area contributed by atoms with Gasteiger partial charge in [0.1, 0.15) is 18.0 Å². The first-order valence-corrected chi connectivity index (χ1v) is 9.42. The number of rotatable bonds is 8. The van der Waals surface area contributed by atoms with Crippen LogP contribution in [0.2, 0.25) is 0 Å². The summed E-state index contributed by atoms with van der Waals surface area (Å²) in [6.07, 6.45) is 3.87. The molecule has 0 radical (unpaired) electrons. The van der Waals surface area contributed by atoms with E-state index in [1.54, 1.807) is 31.4 Å². The smallest absolute Gasteiger partial charge is 0.262 e. The second-order valence-corrected chi connectivity index (χ2v) is 6.50. The van der Waals surface area contributed by atoms with Crippen molar-refractivity contribution in [2.24, 2.45) is 0 Å². The Labute approximate surface area is 173 Å². The van der Waals surface area contributed by atoms with Crippen LogP contribution < -0.4 is 19.5 Å². The number of nitrogens with zero attached hydrogens (tertiary/aromatic N) is 2. The zero-order chi connectivity index (χ0) is 20.8. The van der Waals surface area contributed by atoms with Crippen molar-refractivity contribution in [1.82, 2.24) is 9.38 Å². The summed E-state index contributed by atoms with van der Waals surface area (Å²) in [5, 5.41) is 2.81. The van der Waals surface area contributed by atoms with Gasteiger partial charge in [-0.3, -0.25) is 4.79 Å². The Morgan fingerprint density at radius 1 is 1.00 bits per heavy atom. The minimum Gasteiger partial charge on any atom is -0.493 e. The minimum absolute atomic E-state index is 0.132. The monoisotopic (exact) mass is 403 g/mol. The lowest BCUT2D eigenvalue weighted by atomic mass is 10.3. The lowest BCUT2D eigenvalue weighted by Crippen LogP contribution is -2.20. The molecule has 152 valence electrons. The molecule has 0 unspecified atom stereocenters. The molecule has 0 saturated heterocycles. The number of para-hydroxylation sites is 2. The number of imidazole rings is 1. The second-order valence-electron chi connectivity index (χ2n) is 6.50. The Morgan fingerprint density at radius 3 is 2.67 bits per heavy atom. The predicted octanol–water partition coefficient (Wildman–Crippen LogP) is 3.94. The number of methoxy groups -OCH3 is 1. The van der Waals surface area contributed by atoms with Gasteiger partial charge in [-0.1, -0.05) is 24.3 Å². The number of ether oxygens (including phenoxy) is 3. The van der Waals surface area contributed by atoms with Crippen molar-refractivity contribution in [3.05, 3.63) is 84.8 Å². The first-order valence-electron chi connectivity index (χ1n) is 9.42. The highest BCUT2D eigenvalue weighted by molar-refractivity contribution is 5.92. The third-order valence-electron chi connectivity index (χ3n) is 4.35. The molecule has 0 atom stereocenters. The number of carbonyl (C=O) groups excluding carboxylic acids is 1. The van der Waals surface area contributed by atoms with Crippen LogP contribution >= 0.6 is 0 Å². The SMILES string of the molecule is COc1ccccc1OCC(=O)Nc1cccc(OCc2cn3ccccc3n2)c1. The van der Waals surface area contributed by atoms with Crippen molar-refractivity contribution in [2.45, 2.75) is 6.61 Å². The fraction of sp³-hybridized carbons (Fsp3) is 0.130. The number of benzene rings is 2. The van der Waals surface area contributed by atoms with E-state index in [1.807, 2.05) is 59.3 Å². The molecule has 0 spiro atoms. The zero-order valence-electron chi connectivity index (χ0n) is 16.4. The first-order chi connectivity index (χ1) is 14.7. The Hall–Kier alpha value is -4.00. The van der Waals surface area contributed by atoms with E-state index in [0.29, 0.717) is 29.5 Å².